The van der Waals surface area contributed by atoms with Crippen LogP contribution in [0, 0.1) is 0 Å². The quantitative estimate of drug-likeness (QED) is 0.614. The van der Waals surface area contributed by atoms with Gasteiger partial charge in [-0.3, -0.25) is 14.6 Å². The zero-order valence-corrected chi connectivity index (χ0v) is 8.29. The Balaban J connectivity index is 2.41. The molecule has 1 rings (SSSR count). The molecule has 0 aliphatic carbocycles. The van der Waals surface area contributed by atoms with Crippen LogP contribution in [0.2, 0.25) is 0 Å². The second kappa shape index (κ2) is 4.77. The largest absolute Gasteiger partial charge is 0.300 e. The first-order valence-corrected chi connectivity index (χ1v) is 4.53. The van der Waals surface area contributed by atoms with E-state index in [0.29, 0.717) is 0 Å². The van der Waals surface area contributed by atoms with E-state index in [1.807, 2.05) is 5.06 Å². The summed E-state index contributed by atoms with van der Waals surface area (Å²) in [5.74, 6) is 0. The van der Waals surface area contributed by atoms with Crippen LogP contribution in [0.4, 0.5) is 0 Å². The standard InChI is InChI=1S/C8H19N3O/c1-4-9-6-10(5-2)8-11(7-9)12-3/h4-8H2,1-3H3. The molecule has 4 nitrogen and oxygen atoms in total. The summed E-state index contributed by atoms with van der Waals surface area (Å²) in [5, 5.41) is 1.97. The Kier molecular flexibility index (Phi) is 3.94. The Morgan fingerprint density at radius 1 is 1.00 bits per heavy atom. The van der Waals surface area contributed by atoms with E-state index in [1.165, 1.54) is 0 Å². The summed E-state index contributed by atoms with van der Waals surface area (Å²) in [4.78, 5) is 9.89. The molecule has 0 unspecified atom stereocenters. The second-order valence-electron chi connectivity index (χ2n) is 3.06. The van der Waals surface area contributed by atoms with Crippen LogP contribution in [0.3, 0.4) is 0 Å². The Morgan fingerprint density at radius 2 is 1.50 bits per heavy atom. The van der Waals surface area contributed by atoms with Crippen molar-refractivity contribution in [3.8, 4) is 0 Å². The molecule has 1 aliphatic rings. The van der Waals surface area contributed by atoms with E-state index in [0.717, 1.165) is 33.1 Å². The average Bonchev–Trinajstić information content (AvgIpc) is 2.16. The second-order valence-corrected chi connectivity index (χ2v) is 3.06. The summed E-state index contributed by atoms with van der Waals surface area (Å²) in [6.45, 7) is 9.41. The lowest BCUT2D eigenvalue weighted by Crippen LogP contribution is -2.54. The zero-order valence-electron chi connectivity index (χ0n) is 8.29. The van der Waals surface area contributed by atoms with Gasteiger partial charge < -0.3 is 0 Å². The Labute approximate surface area is 74.6 Å². The first kappa shape index (κ1) is 9.92. The van der Waals surface area contributed by atoms with Crippen molar-refractivity contribution in [1.82, 2.24) is 14.9 Å². The molecule has 72 valence electrons. The lowest BCUT2D eigenvalue weighted by molar-refractivity contribution is -0.215. The van der Waals surface area contributed by atoms with Gasteiger partial charge in [0, 0.05) is 0 Å². The topological polar surface area (TPSA) is 19.0 Å². The third-order valence-electron chi connectivity index (χ3n) is 2.27. The number of hydrogen-bond acceptors (Lipinski definition) is 4. The molecule has 1 fully saturated rings. The van der Waals surface area contributed by atoms with E-state index in [4.69, 9.17) is 4.84 Å². The third-order valence-corrected chi connectivity index (χ3v) is 2.27. The van der Waals surface area contributed by atoms with Crippen molar-refractivity contribution in [1.29, 1.82) is 0 Å². The summed E-state index contributed by atoms with van der Waals surface area (Å²) in [6.07, 6.45) is 0. The first-order chi connectivity index (χ1) is 5.80. The molecule has 0 N–H and O–H groups in total. The fraction of sp³-hybridized carbons (Fsp3) is 1.00. The van der Waals surface area contributed by atoms with Crippen molar-refractivity contribution in [2.75, 3.05) is 40.2 Å². The van der Waals surface area contributed by atoms with Gasteiger partial charge in [-0.25, -0.2) is 0 Å². The van der Waals surface area contributed by atoms with Crippen molar-refractivity contribution in [2.45, 2.75) is 13.8 Å². The average molecular weight is 173 g/mol. The van der Waals surface area contributed by atoms with Crippen LogP contribution in [0.15, 0.2) is 0 Å². The lowest BCUT2D eigenvalue weighted by atomic mass is 10.5. The van der Waals surface area contributed by atoms with Gasteiger partial charge in [0.25, 0.3) is 0 Å². The van der Waals surface area contributed by atoms with Crippen LogP contribution < -0.4 is 0 Å². The van der Waals surface area contributed by atoms with Gasteiger partial charge in [-0.2, -0.15) is 5.06 Å². The molecule has 0 aromatic rings. The maximum atomic E-state index is 5.21. The minimum atomic E-state index is 0.920. The molecule has 1 aliphatic heterocycles. The molecule has 0 aromatic carbocycles. The molecule has 12 heavy (non-hydrogen) atoms. The summed E-state index contributed by atoms with van der Waals surface area (Å²) in [7, 11) is 1.73. The fourth-order valence-electron chi connectivity index (χ4n) is 1.38. The van der Waals surface area contributed by atoms with E-state index in [-0.39, 0.29) is 0 Å². The van der Waals surface area contributed by atoms with Crippen molar-refractivity contribution in [3.63, 3.8) is 0 Å². The predicted molar refractivity (Wildman–Crippen MR) is 48.2 cm³/mol. The fourth-order valence-corrected chi connectivity index (χ4v) is 1.38. The molecule has 1 heterocycles. The van der Waals surface area contributed by atoms with E-state index >= 15 is 0 Å². The van der Waals surface area contributed by atoms with E-state index in [2.05, 4.69) is 23.6 Å². The van der Waals surface area contributed by atoms with E-state index in [1.54, 1.807) is 7.11 Å². The smallest absolute Gasteiger partial charge is 0.0781 e. The van der Waals surface area contributed by atoms with Gasteiger partial charge in [0.05, 0.1) is 27.1 Å². The zero-order chi connectivity index (χ0) is 8.97. The van der Waals surface area contributed by atoms with Crippen LogP contribution in [-0.2, 0) is 4.84 Å². The molecule has 0 spiro atoms. The predicted octanol–water partition coefficient (Wildman–Crippen LogP) is 0.380. The van der Waals surface area contributed by atoms with Crippen LogP contribution in [0.25, 0.3) is 0 Å². The van der Waals surface area contributed by atoms with Gasteiger partial charge in [0.1, 0.15) is 0 Å². The van der Waals surface area contributed by atoms with Gasteiger partial charge >= 0.3 is 0 Å². The molecule has 0 bridgehead atoms. The van der Waals surface area contributed by atoms with Crippen molar-refractivity contribution in [2.24, 2.45) is 0 Å². The molecule has 0 atom stereocenters. The summed E-state index contributed by atoms with van der Waals surface area (Å²) < 4.78 is 0. The molecular weight excluding hydrogens is 154 g/mol. The minimum Gasteiger partial charge on any atom is -0.300 e. The Morgan fingerprint density at radius 3 is 1.83 bits per heavy atom. The maximum absolute atomic E-state index is 5.21. The summed E-state index contributed by atoms with van der Waals surface area (Å²) >= 11 is 0. The van der Waals surface area contributed by atoms with E-state index < -0.39 is 0 Å². The highest BCUT2D eigenvalue weighted by atomic mass is 16.7. The molecule has 4 heteroatoms. The molecule has 0 aromatic heterocycles. The van der Waals surface area contributed by atoms with Crippen molar-refractivity contribution >= 4 is 0 Å². The van der Waals surface area contributed by atoms with Crippen LogP contribution >= 0.6 is 0 Å². The van der Waals surface area contributed by atoms with Gasteiger partial charge in [-0.15, -0.1) is 0 Å². The van der Waals surface area contributed by atoms with Crippen molar-refractivity contribution in [3.05, 3.63) is 0 Å². The van der Waals surface area contributed by atoms with Gasteiger partial charge in [0.2, 0.25) is 0 Å². The lowest BCUT2D eigenvalue weighted by Gasteiger charge is -2.39. The first-order valence-electron chi connectivity index (χ1n) is 4.53. The molecule has 0 saturated carbocycles. The summed E-state index contributed by atoms with van der Waals surface area (Å²) in [5.41, 5.74) is 0. The van der Waals surface area contributed by atoms with Crippen LogP contribution in [0.1, 0.15) is 13.8 Å². The highest BCUT2D eigenvalue weighted by molar-refractivity contribution is 4.62. The van der Waals surface area contributed by atoms with Gasteiger partial charge in [0.15, 0.2) is 0 Å². The molecular formula is C8H19N3O. The molecule has 0 radical (unpaired) electrons. The maximum Gasteiger partial charge on any atom is 0.0781 e. The van der Waals surface area contributed by atoms with Crippen molar-refractivity contribution < 1.29 is 4.84 Å². The SMILES string of the molecule is CCN1CN(CC)CN(OC)C1. The number of hydrogen-bond donors (Lipinski definition) is 0. The van der Waals surface area contributed by atoms with E-state index in [9.17, 15) is 0 Å². The normalized spacial score (nSPS) is 23.2. The molecule has 0 amide bonds. The highest BCUT2D eigenvalue weighted by Gasteiger charge is 2.20. The number of nitrogens with zero attached hydrogens (tertiary/aromatic N) is 3. The third kappa shape index (κ3) is 2.42. The highest BCUT2D eigenvalue weighted by Crippen LogP contribution is 2.05. The van der Waals surface area contributed by atoms with Gasteiger partial charge in [-0.05, 0) is 13.1 Å². The number of rotatable bonds is 3. The monoisotopic (exact) mass is 173 g/mol. The molecule has 1 saturated heterocycles. The summed E-state index contributed by atoms with van der Waals surface area (Å²) in [6, 6.07) is 0. The van der Waals surface area contributed by atoms with Crippen LogP contribution in [0.5, 0.6) is 0 Å². The van der Waals surface area contributed by atoms with Gasteiger partial charge in [-0.1, -0.05) is 13.8 Å². The Hall–Kier alpha value is -0.160. The van der Waals surface area contributed by atoms with Crippen LogP contribution in [-0.4, -0.2) is 55.1 Å². The Bertz CT molecular complexity index is 102. The minimum absolute atomic E-state index is 0.920. The number of hydroxylamine groups is 2.